The first-order valence-electron chi connectivity index (χ1n) is 7.16. The molecule has 0 radical (unpaired) electrons. The van der Waals surface area contributed by atoms with Gasteiger partial charge in [-0.2, -0.15) is 0 Å². The number of thiophene rings is 2. The predicted molar refractivity (Wildman–Crippen MR) is 98.7 cm³/mol. The number of hydrogen-bond donors (Lipinski definition) is 1. The third-order valence-electron chi connectivity index (χ3n) is 3.58. The molecule has 2 heterocycles. The van der Waals surface area contributed by atoms with E-state index in [4.69, 9.17) is 0 Å². The first kappa shape index (κ1) is 15.2. The lowest BCUT2D eigenvalue weighted by Crippen LogP contribution is -2.22. The van der Waals surface area contributed by atoms with E-state index in [-0.39, 0.29) is 6.04 Å². The molecule has 0 amide bonds. The molecule has 0 saturated heterocycles. The van der Waals surface area contributed by atoms with Crippen molar-refractivity contribution in [2.24, 2.45) is 0 Å². The van der Waals surface area contributed by atoms with E-state index in [2.05, 4.69) is 70.8 Å². The van der Waals surface area contributed by atoms with Crippen LogP contribution in [-0.4, -0.2) is 6.54 Å². The van der Waals surface area contributed by atoms with Gasteiger partial charge in [0.1, 0.15) is 0 Å². The summed E-state index contributed by atoms with van der Waals surface area (Å²) in [5.74, 6) is 0. The van der Waals surface area contributed by atoms with Crippen molar-refractivity contribution in [3.63, 3.8) is 0 Å². The second-order valence-corrected chi connectivity index (χ2v) is 8.18. The quantitative estimate of drug-likeness (QED) is 0.562. The minimum absolute atomic E-state index is 0.288. The summed E-state index contributed by atoms with van der Waals surface area (Å²) in [5.41, 5.74) is 1.40. The van der Waals surface area contributed by atoms with Gasteiger partial charge in [0, 0.05) is 18.9 Å². The van der Waals surface area contributed by atoms with Gasteiger partial charge < -0.3 is 5.32 Å². The van der Waals surface area contributed by atoms with Gasteiger partial charge in [0.2, 0.25) is 0 Å². The van der Waals surface area contributed by atoms with Gasteiger partial charge in [-0.05, 0) is 64.3 Å². The van der Waals surface area contributed by atoms with Crippen LogP contribution in [0.3, 0.4) is 0 Å². The molecule has 1 nitrogen and oxygen atoms in total. The van der Waals surface area contributed by atoms with E-state index in [0.717, 1.165) is 13.0 Å². The van der Waals surface area contributed by atoms with E-state index >= 15 is 0 Å². The normalized spacial score (nSPS) is 12.9. The van der Waals surface area contributed by atoms with Crippen LogP contribution >= 0.6 is 38.6 Å². The van der Waals surface area contributed by atoms with E-state index in [1.54, 1.807) is 0 Å². The fourth-order valence-electron chi connectivity index (χ4n) is 2.50. The fraction of sp³-hybridized carbons (Fsp3) is 0.294. The summed E-state index contributed by atoms with van der Waals surface area (Å²) in [6.07, 6.45) is 1.14. The molecular weight excluding hydrogens is 362 g/mol. The van der Waals surface area contributed by atoms with E-state index in [9.17, 15) is 0 Å². The van der Waals surface area contributed by atoms with Crippen molar-refractivity contribution in [3.8, 4) is 0 Å². The lowest BCUT2D eigenvalue weighted by Gasteiger charge is -2.17. The van der Waals surface area contributed by atoms with Gasteiger partial charge in [-0.15, -0.1) is 22.7 Å². The minimum atomic E-state index is 0.288. The molecule has 0 fully saturated rings. The molecule has 0 saturated carbocycles. The molecule has 2 aromatic heterocycles. The topological polar surface area (TPSA) is 12.0 Å². The molecule has 1 aromatic carbocycles. The number of nitrogens with one attached hydrogen (secondary N) is 1. The molecule has 1 unspecified atom stereocenters. The number of benzene rings is 1. The van der Waals surface area contributed by atoms with Crippen molar-refractivity contribution in [2.45, 2.75) is 26.3 Å². The Hall–Kier alpha value is -0.680. The summed E-state index contributed by atoms with van der Waals surface area (Å²) in [4.78, 5) is 2.73. The molecule has 4 heteroatoms. The molecule has 110 valence electrons. The summed E-state index contributed by atoms with van der Waals surface area (Å²) in [6.45, 7) is 5.41. The van der Waals surface area contributed by atoms with Crippen LogP contribution in [0.15, 0.2) is 40.2 Å². The Kier molecular flexibility index (Phi) is 4.79. The Bertz CT molecular complexity index is 725. The largest absolute Gasteiger partial charge is 0.306 e. The lowest BCUT2D eigenvalue weighted by molar-refractivity contribution is 0.610. The van der Waals surface area contributed by atoms with Crippen molar-refractivity contribution in [1.29, 1.82) is 0 Å². The highest BCUT2D eigenvalue weighted by molar-refractivity contribution is 9.10. The van der Waals surface area contributed by atoms with Crippen LogP contribution in [0.25, 0.3) is 10.1 Å². The van der Waals surface area contributed by atoms with Crippen molar-refractivity contribution < 1.29 is 0 Å². The van der Waals surface area contributed by atoms with Gasteiger partial charge in [0.25, 0.3) is 0 Å². The van der Waals surface area contributed by atoms with Gasteiger partial charge in [-0.1, -0.05) is 25.1 Å². The van der Waals surface area contributed by atoms with Crippen LogP contribution in [0.4, 0.5) is 0 Å². The Morgan fingerprint density at radius 2 is 2.10 bits per heavy atom. The van der Waals surface area contributed by atoms with Crippen LogP contribution in [-0.2, 0) is 0 Å². The molecule has 3 rings (SSSR count). The maximum absolute atomic E-state index is 3.72. The Morgan fingerprint density at radius 3 is 2.81 bits per heavy atom. The van der Waals surface area contributed by atoms with Gasteiger partial charge in [-0.25, -0.2) is 0 Å². The first-order valence-corrected chi connectivity index (χ1v) is 9.65. The van der Waals surface area contributed by atoms with Gasteiger partial charge in [0.15, 0.2) is 0 Å². The minimum Gasteiger partial charge on any atom is -0.306 e. The van der Waals surface area contributed by atoms with Crippen molar-refractivity contribution in [2.75, 3.05) is 6.54 Å². The maximum atomic E-state index is 3.72. The maximum Gasteiger partial charge on any atom is 0.0685 e. The lowest BCUT2D eigenvalue weighted by atomic mass is 10.0. The molecular formula is C17H18BrNS2. The van der Waals surface area contributed by atoms with Crippen LogP contribution in [0.1, 0.15) is 34.7 Å². The third-order valence-corrected chi connectivity index (χ3v) is 6.76. The Balaban J connectivity index is 2.06. The molecule has 0 aliphatic rings. The van der Waals surface area contributed by atoms with Crippen LogP contribution in [0.2, 0.25) is 0 Å². The van der Waals surface area contributed by atoms with Gasteiger partial charge in [0.05, 0.1) is 6.04 Å². The highest BCUT2D eigenvalue weighted by atomic mass is 79.9. The molecule has 1 N–H and O–H groups in total. The number of aryl methyl sites for hydroxylation is 1. The zero-order chi connectivity index (χ0) is 14.8. The van der Waals surface area contributed by atoms with E-state index in [1.807, 2.05) is 22.7 Å². The second kappa shape index (κ2) is 6.61. The third kappa shape index (κ3) is 3.09. The molecule has 3 aromatic rings. The molecule has 21 heavy (non-hydrogen) atoms. The van der Waals surface area contributed by atoms with Crippen LogP contribution < -0.4 is 5.32 Å². The SMILES string of the molecule is CCCNC(c1cc(Br)c(C)s1)c1csc2ccccc12. The molecule has 0 spiro atoms. The number of halogens is 1. The standard InChI is InChI=1S/C17H18BrNS2/c1-3-8-19-17(16-9-14(18)11(2)21-16)13-10-20-15-7-5-4-6-12(13)15/h4-7,9-10,17,19H,3,8H2,1-2H3. The Morgan fingerprint density at radius 1 is 1.29 bits per heavy atom. The molecule has 0 aliphatic heterocycles. The number of hydrogen-bond acceptors (Lipinski definition) is 3. The summed E-state index contributed by atoms with van der Waals surface area (Å²) >= 11 is 7.36. The average Bonchev–Trinajstić information content (AvgIpc) is 3.05. The van der Waals surface area contributed by atoms with E-state index in [0.29, 0.717) is 0 Å². The van der Waals surface area contributed by atoms with Gasteiger partial charge in [-0.3, -0.25) is 0 Å². The molecule has 0 aliphatic carbocycles. The molecule has 1 atom stereocenters. The van der Waals surface area contributed by atoms with Crippen molar-refractivity contribution in [1.82, 2.24) is 5.32 Å². The zero-order valence-electron chi connectivity index (χ0n) is 12.2. The summed E-state index contributed by atoms with van der Waals surface area (Å²) < 4.78 is 2.58. The Labute approximate surface area is 142 Å². The monoisotopic (exact) mass is 379 g/mol. The first-order chi connectivity index (χ1) is 10.2. The highest BCUT2D eigenvalue weighted by Crippen LogP contribution is 2.38. The summed E-state index contributed by atoms with van der Waals surface area (Å²) in [6, 6.07) is 11.2. The summed E-state index contributed by atoms with van der Waals surface area (Å²) in [5, 5.41) is 7.40. The summed E-state index contributed by atoms with van der Waals surface area (Å²) in [7, 11) is 0. The van der Waals surface area contributed by atoms with Crippen LogP contribution in [0, 0.1) is 6.92 Å². The fourth-order valence-corrected chi connectivity index (χ4v) is 5.14. The van der Waals surface area contributed by atoms with Crippen molar-refractivity contribution >= 4 is 48.7 Å². The number of fused-ring (bicyclic) bond motifs is 1. The average molecular weight is 380 g/mol. The second-order valence-electron chi connectivity index (χ2n) is 5.13. The van der Waals surface area contributed by atoms with Crippen LogP contribution in [0.5, 0.6) is 0 Å². The van der Waals surface area contributed by atoms with E-state index in [1.165, 1.54) is 29.9 Å². The van der Waals surface area contributed by atoms with Gasteiger partial charge >= 0.3 is 0 Å². The molecule has 0 bridgehead atoms. The highest BCUT2D eigenvalue weighted by Gasteiger charge is 2.20. The van der Waals surface area contributed by atoms with Crippen molar-refractivity contribution in [3.05, 3.63) is 55.5 Å². The smallest absolute Gasteiger partial charge is 0.0685 e. The zero-order valence-corrected chi connectivity index (χ0v) is 15.4. The van der Waals surface area contributed by atoms with E-state index < -0.39 is 0 Å². The number of rotatable bonds is 5. The predicted octanol–water partition coefficient (Wildman–Crippen LogP) is 6.12.